The van der Waals surface area contributed by atoms with Crippen molar-refractivity contribution in [3.8, 4) is 11.5 Å². The van der Waals surface area contributed by atoms with E-state index in [4.69, 9.17) is 16.3 Å². The van der Waals surface area contributed by atoms with Crippen molar-refractivity contribution in [2.75, 3.05) is 7.11 Å². The summed E-state index contributed by atoms with van der Waals surface area (Å²) in [5.74, 6) is -3.04. The lowest BCUT2D eigenvalue weighted by Crippen LogP contribution is -2.26. The number of pyridine rings is 1. The number of aromatic nitrogens is 1. The zero-order chi connectivity index (χ0) is 25.6. The summed E-state index contributed by atoms with van der Waals surface area (Å²) in [6.45, 7) is 0.487. The molecule has 4 aromatic rings. The molecule has 0 radical (unpaired) electrons. The molecule has 0 bridgehead atoms. The Morgan fingerprint density at radius 2 is 1.83 bits per heavy atom. The minimum atomic E-state index is -1.06. The fraction of sp³-hybridized carbons (Fsp3) is 0.179. The molecule has 8 heteroatoms. The Hall–Kier alpha value is -4.10. The van der Waals surface area contributed by atoms with Crippen LogP contribution in [0, 0.1) is 0 Å². The first kappa shape index (κ1) is 23.6. The third kappa shape index (κ3) is 3.91. The van der Waals surface area contributed by atoms with Gasteiger partial charge in [0, 0.05) is 34.2 Å². The highest BCUT2D eigenvalue weighted by Gasteiger charge is 2.31. The zero-order valence-electron chi connectivity index (χ0n) is 19.3. The molecule has 0 fully saturated rings. The van der Waals surface area contributed by atoms with Crippen LogP contribution in [0.25, 0.3) is 10.9 Å². The molecule has 3 aromatic carbocycles. The number of aromatic hydroxyl groups is 2. The largest absolute Gasteiger partial charge is 0.508 e. The lowest BCUT2D eigenvalue weighted by Gasteiger charge is -2.21. The Labute approximate surface area is 211 Å². The van der Waals surface area contributed by atoms with Gasteiger partial charge in [0.05, 0.1) is 24.6 Å². The molecule has 7 nitrogen and oxygen atoms in total. The van der Waals surface area contributed by atoms with Gasteiger partial charge in [0.1, 0.15) is 11.5 Å². The molecule has 0 unspecified atom stereocenters. The van der Waals surface area contributed by atoms with Gasteiger partial charge in [-0.1, -0.05) is 29.8 Å². The minimum absolute atomic E-state index is 0.0762. The van der Waals surface area contributed by atoms with Crippen LogP contribution in [0.15, 0.2) is 65.5 Å². The number of rotatable bonds is 6. The number of para-hydroxylation sites is 1. The van der Waals surface area contributed by atoms with E-state index in [1.54, 1.807) is 22.8 Å². The van der Waals surface area contributed by atoms with Crippen LogP contribution in [0.3, 0.4) is 0 Å². The second-order valence-corrected chi connectivity index (χ2v) is 9.16. The molecule has 0 saturated heterocycles. The number of aryl methyl sites for hydroxylation is 2. The first-order chi connectivity index (χ1) is 17.3. The monoisotopic (exact) mass is 503 g/mol. The van der Waals surface area contributed by atoms with E-state index in [1.807, 2.05) is 18.2 Å². The number of benzene rings is 3. The van der Waals surface area contributed by atoms with Crippen LogP contribution < -0.4 is 5.56 Å². The van der Waals surface area contributed by atoms with E-state index in [0.29, 0.717) is 18.0 Å². The third-order valence-corrected chi connectivity index (χ3v) is 6.95. The lowest BCUT2D eigenvalue weighted by molar-refractivity contribution is -0.140. The molecule has 5 rings (SSSR count). The molecular weight excluding hydrogens is 482 g/mol. The number of phenolic OH excluding ortho intramolecular Hbond substituents is 2. The smallest absolute Gasteiger partial charge is 0.306 e. The first-order valence-electron chi connectivity index (χ1n) is 11.4. The number of hydrogen-bond acceptors (Lipinski definition) is 6. The molecule has 1 aromatic heterocycles. The average molecular weight is 504 g/mol. The number of halogens is 1. The molecule has 0 amide bonds. The molecular formula is C28H22ClNO6. The Balaban J connectivity index is 1.71. The fourth-order valence-electron chi connectivity index (χ4n) is 4.94. The number of esters is 1. The number of ether oxygens (including phenoxy) is 1. The SMILES string of the molecule is COC(=O)C[C@@H](c1c(O)ccc(C(=O)c2ccc(Cl)cc2)c1O)c1cc2cccc3c2n(c1=O)CC3. The Bertz CT molecular complexity index is 1590. The first-order valence-corrected chi connectivity index (χ1v) is 11.7. The van der Waals surface area contributed by atoms with E-state index in [2.05, 4.69) is 0 Å². The number of hydrogen-bond donors (Lipinski definition) is 2. The summed E-state index contributed by atoms with van der Waals surface area (Å²) < 4.78 is 6.52. The van der Waals surface area contributed by atoms with E-state index in [-0.39, 0.29) is 40.0 Å². The average Bonchev–Trinajstić information content (AvgIpc) is 3.31. The van der Waals surface area contributed by atoms with Gasteiger partial charge in [0.2, 0.25) is 0 Å². The van der Waals surface area contributed by atoms with Crippen LogP contribution in [-0.2, 0) is 22.5 Å². The Morgan fingerprint density at radius 1 is 1.08 bits per heavy atom. The topological polar surface area (TPSA) is 106 Å². The van der Waals surface area contributed by atoms with E-state index in [1.165, 1.54) is 31.4 Å². The second kappa shape index (κ2) is 9.17. The maximum absolute atomic E-state index is 13.6. The fourth-order valence-corrected chi connectivity index (χ4v) is 5.06. The highest BCUT2D eigenvalue weighted by Crippen LogP contribution is 2.42. The van der Waals surface area contributed by atoms with Gasteiger partial charge < -0.3 is 19.5 Å². The molecule has 0 saturated carbocycles. The van der Waals surface area contributed by atoms with Crippen LogP contribution >= 0.6 is 11.6 Å². The van der Waals surface area contributed by atoms with E-state index in [9.17, 15) is 24.6 Å². The zero-order valence-corrected chi connectivity index (χ0v) is 20.1. The molecule has 1 aliphatic rings. The summed E-state index contributed by atoms with van der Waals surface area (Å²) in [5, 5.41) is 23.3. The van der Waals surface area contributed by atoms with Crippen molar-refractivity contribution in [1.82, 2.24) is 4.57 Å². The standard InChI is InChI=1S/C28H22ClNO6/c1-36-23(32)14-20(21-13-17-4-2-3-15-11-12-30(25(15)17)28(21)35)24-22(31)10-9-19(27(24)34)26(33)16-5-7-18(29)8-6-16/h2-10,13,20,31,34H,11-12,14H2,1H3/t20-/m1/s1. The van der Waals surface area contributed by atoms with Crippen LogP contribution in [0.4, 0.5) is 0 Å². The summed E-state index contributed by atoms with van der Waals surface area (Å²) in [6, 6.07) is 16.2. The van der Waals surface area contributed by atoms with Crippen molar-refractivity contribution in [3.05, 3.63) is 104 Å². The predicted octanol–water partition coefficient (Wildman–Crippen LogP) is 4.55. The van der Waals surface area contributed by atoms with Crippen molar-refractivity contribution in [2.45, 2.75) is 25.3 Å². The van der Waals surface area contributed by atoms with Gasteiger partial charge in [-0.05, 0) is 59.8 Å². The van der Waals surface area contributed by atoms with Crippen LogP contribution in [-0.4, -0.2) is 33.6 Å². The van der Waals surface area contributed by atoms with Gasteiger partial charge in [-0.15, -0.1) is 0 Å². The second-order valence-electron chi connectivity index (χ2n) is 8.72. The summed E-state index contributed by atoms with van der Waals surface area (Å²) in [5.41, 5.74) is 1.90. The van der Waals surface area contributed by atoms with Gasteiger partial charge in [-0.2, -0.15) is 0 Å². The van der Waals surface area contributed by atoms with Crippen LogP contribution in [0.5, 0.6) is 11.5 Å². The van der Waals surface area contributed by atoms with Crippen molar-refractivity contribution in [2.24, 2.45) is 0 Å². The number of nitrogens with zero attached hydrogens (tertiary/aromatic N) is 1. The number of carbonyl (C=O) groups is 2. The number of carbonyl (C=O) groups excluding carboxylic acids is 2. The summed E-state index contributed by atoms with van der Waals surface area (Å²) in [7, 11) is 1.22. The molecule has 0 spiro atoms. The summed E-state index contributed by atoms with van der Waals surface area (Å²) >= 11 is 5.93. The van der Waals surface area contributed by atoms with Crippen LogP contribution in [0.2, 0.25) is 5.02 Å². The van der Waals surface area contributed by atoms with Crippen LogP contribution in [0.1, 0.15) is 45.0 Å². The maximum Gasteiger partial charge on any atom is 0.306 e. The van der Waals surface area contributed by atoms with Crippen molar-refractivity contribution in [3.63, 3.8) is 0 Å². The molecule has 182 valence electrons. The van der Waals surface area contributed by atoms with Gasteiger partial charge in [0.25, 0.3) is 5.56 Å². The van der Waals surface area contributed by atoms with Crippen molar-refractivity contribution < 1.29 is 24.5 Å². The molecule has 2 N–H and O–H groups in total. The summed E-state index contributed by atoms with van der Waals surface area (Å²) in [6.07, 6.45) is 0.385. The van der Waals surface area contributed by atoms with E-state index < -0.39 is 23.4 Å². The highest BCUT2D eigenvalue weighted by molar-refractivity contribution is 6.30. The molecule has 1 aliphatic heterocycles. The number of phenols is 2. The minimum Gasteiger partial charge on any atom is -0.508 e. The third-order valence-electron chi connectivity index (χ3n) is 6.70. The molecule has 2 heterocycles. The normalized spacial score (nSPS) is 13.1. The summed E-state index contributed by atoms with van der Waals surface area (Å²) in [4.78, 5) is 39.2. The van der Waals surface area contributed by atoms with Gasteiger partial charge in [-0.3, -0.25) is 14.4 Å². The quantitative estimate of drug-likeness (QED) is 0.295. The van der Waals surface area contributed by atoms with E-state index >= 15 is 0 Å². The van der Waals surface area contributed by atoms with Crippen molar-refractivity contribution >= 4 is 34.3 Å². The maximum atomic E-state index is 13.6. The van der Waals surface area contributed by atoms with Gasteiger partial charge >= 0.3 is 5.97 Å². The molecule has 1 atom stereocenters. The molecule has 0 aliphatic carbocycles. The highest BCUT2D eigenvalue weighted by atomic mass is 35.5. The lowest BCUT2D eigenvalue weighted by atomic mass is 9.85. The number of ketones is 1. The van der Waals surface area contributed by atoms with Gasteiger partial charge in [-0.25, -0.2) is 0 Å². The molecule has 36 heavy (non-hydrogen) atoms. The Kier molecular flexibility index (Phi) is 6.02. The predicted molar refractivity (Wildman–Crippen MR) is 135 cm³/mol. The van der Waals surface area contributed by atoms with Crippen molar-refractivity contribution in [1.29, 1.82) is 0 Å². The Morgan fingerprint density at radius 3 is 2.56 bits per heavy atom. The van der Waals surface area contributed by atoms with E-state index in [0.717, 1.165) is 16.5 Å². The van der Waals surface area contributed by atoms with Gasteiger partial charge in [0.15, 0.2) is 5.78 Å². The number of methoxy groups -OCH3 is 1.